The van der Waals surface area contributed by atoms with E-state index in [-0.39, 0.29) is 11.1 Å². The first-order valence-corrected chi connectivity index (χ1v) is 9.08. The maximum Gasteiger partial charge on any atom is 0.417 e. The number of pyridine rings is 1. The average molecular weight is 442 g/mol. The fourth-order valence-corrected chi connectivity index (χ4v) is 3.40. The highest BCUT2D eigenvalue weighted by molar-refractivity contribution is 5.89. The molecule has 0 aliphatic heterocycles. The van der Waals surface area contributed by atoms with Crippen molar-refractivity contribution in [2.24, 2.45) is 0 Å². The second kappa shape index (κ2) is 8.09. The summed E-state index contributed by atoms with van der Waals surface area (Å²) < 4.78 is 82.2. The molecule has 2 aromatic carbocycles. The van der Waals surface area contributed by atoms with Crippen molar-refractivity contribution in [2.45, 2.75) is 32.0 Å². The first kappa shape index (κ1) is 22.4. The van der Waals surface area contributed by atoms with E-state index in [1.165, 1.54) is 6.92 Å². The number of H-pyrrole nitrogens is 1. The van der Waals surface area contributed by atoms with Gasteiger partial charge in [-0.15, -0.1) is 0 Å². The van der Waals surface area contributed by atoms with Gasteiger partial charge < -0.3 is 10.3 Å². The molecule has 0 saturated carbocycles. The second-order valence-electron chi connectivity index (χ2n) is 7.05. The highest BCUT2D eigenvalue weighted by atomic mass is 19.4. The van der Waals surface area contributed by atoms with E-state index >= 15 is 0 Å². The van der Waals surface area contributed by atoms with Gasteiger partial charge in [0.25, 0.3) is 5.56 Å². The number of alkyl halides is 3. The summed E-state index contributed by atoms with van der Waals surface area (Å²) in [5.41, 5.74) is -3.80. The van der Waals surface area contributed by atoms with E-state index in [0.717, 1.165) is 31.2 Å². The van der Waals surface area contributed by atoms with E-state index in [4.69, 9.17) is 0 Å². The van der Waals surface area contributed by atoms with Crippen LogP contribution in [0.2, 0.25) is 0 Å². The number of nitrogens with one attached hydrogen (secondary N) is 2. The molecule has 0 fully saturated rings. The Morgan fingerprint density at radius 3 is 2.23 bits per heavy atom. The Hall–Kier alpha value is -3.30. The van der Waals surface area contributed by atoms with Crippen LogP contribution in [0, 0.1) is 17.5 Å². The Balaban J connectivity index is 2.05. The third-order valence-electron chi connectivity index (χ3n) is 4.91. The van der Waals surface area contributed by atoms with Crippen LogP contribution in [0.5, 0.6) is 0 Å². The summed E-state index contributed by atoms with van der Waals surface area (Å²) in [6, 6.07) is 4.15. The highest BCUT2D eigenvalue weighted by Crippen LogP contribution is 2.38. The maximum absolute atomic E-state index is 13.9. The summed E-state index contributed by atoms with van der Waals surface area (Å²) in [6.07, 6.45) is -5.06. The number of rotatable bonds is 4. The lowest BCUT2D eigenvalue weighted by Crippen LogP contribution is -2.35. The number of aromatic amines is 1. The van der Waals surface area contributed by atoms with Crippen LogP contribution in [0.15, 0.2) is 41.2 Å². The van der Waals surface area contributed by atoms with Gasteiger partial charge in [-0.3, -0.25) is 9.59 Å². The van der Waals surface area contributed by atoms with E-state index in [9.17, 15) is 35.9 Å². The Morgan fingerprint density at radius 1 is 1.00 bits per heavy atom. The molecule has 1 amide bonds. The average Bonchev–Trinajstić information content (AvgIpc) is 2.65. The van der Waals surface area contributed by atoms with E-state index < -0.39 is 63.6 Å². The third kappa shape index (κ3) is 4.42. The van der Waals surface area contributed by atoms with Gasteiger partial charge in [-0.25, -0.2) is 13.2 Å². The first-order chi connectivity index (χ1) is 14.4. The van der Waals surface area contributed by atoms with Crippen molar-refractivity contribution in [1.29, 1.82) is 0 Å². The molecule has 2 N–H and O–H groups in total. The molecule has 0 aliphatic rings. The van der Waals surface area contributed by atoms with Crippen LogP contribution >= 0.6 is 0 Å². The molecule has 0 saturated heterocycles. The number of hydrogen-bond acceptors (Lipinski definition) is 2. The number of hydrogen-bond donors (Lipinski definition) is 2. The smallest absolute Gasteiger partial charge is 0.349 e. The monoisotopic (exact) mass is 442 g/mol. The van der Waals surface area contributed by atoms with E-state index in [0.29, 0.717) is 12.1 Å². The predicted octanol–water partition coefficient (Wildman–Crippen LogP) is 4.95. The van der Waals surface area contributed by atoms with Gasteiger partial charge >= 0.3 is 6.18 Å². The summed E-state index contributed by atoms with van der Waals surface area (Å²) >= 11 is 0. The van der Waals surface area contributed by atoms with Crippen molar-refractivity contribution in [2.75, 3.05) is 0 Å². The number of carbonyl (C=O) groups excluding carboxylic acids is 1. The summed E-state index contributed by atoms with van der Waals surface area (Å²) in [7, 11) is 0. The lowest BCUT2D eigenvalue weighted by molar-refractivity contribution is -0.137. The normalized spacial score (nSPS) is 13.8. The molecule has 1 heterocycles. The van der Waals surface area contributed by atoms with Crippen LogP contribution in [0.3, 0.4) is 0 Å². The molecule has 3 rings (SSSR count). The SMILES string of the molecule is CC(C(=O)N[C@@H](C)c1ccc(F)cc1F)c1c(C(F)(F)F)c2cc(F)ccc2[nH]c1=O. The number of aromatic nitrogens is 1. The van der Waals surface area contributed by atoms with Crippen LogP contribution < -0.4 is 10.9 Å². The summed E-state index contributed by atoms with van der Waals surface area (Å²) in [4.78, 5) is 27.3. The Morgan fingerprint density at radius 2 is 1.61 bits per heavy atom. The van der Waals surface area contributed by atoms with Crippen molar-refractivity contribution < 1.29 is 31.1 Å². The molecule has 0 bridgehead atoms. The Bertz CT molecular complexity index is 1220. The standard InChI is InChI=1S/C21H16F6N2O2/c1-9(19(30)28-10(2)13-5-3-12(23)8-15(13)24)17-18(21(25,26)27)14-7-11(22)4-6-16(14)29-20(17)31/h3-10H,1-2H3,(H,28,30)(H,29,31)/t9?,10-/m0/s1. The molecule has 0 spiro atoms. The Kier molecular flexibility index (Phi) is 5.84. The van der Waals surface area contributed by atoms with Crippen LogP contribution in [-0.4, -0.2) is 10.9 Å². The fraction of sp³-hybridized carbons (Fsp3) is 0.238. The summed E-state index contributed by atoms with van der Waals surface area (Å²) in [5.74, 6) is -5.34. The molecule has 4 nitrogen and oxygen atoms in total. The molecular formula is C21H16F6N2O2. The van der Waals surface area contributed by atoms with Crippen molar-refractivity contribution in [3.63, 3.8) is 0 Å². The molecule has 10 heteroatoms. The molecule has 3 aromatic rings. The van der Waals surface area contributed by atoms with Crippen molar-refractivity contribution in [3.8, 4) is 0 Å². The molecule has 2 atom stereocenters. The van der Waals surface area contributed by atoms with E-state index in [1.54, 1.807) is 0 Å². The second-order valence-corrected chi connectivity index (χ2v) is 7.05. The first-order valence-electron chi connectivity index (χ1n) is 9.08. The number of amides is 1. The molecule has 0 aliphatic carbocycles. The van der Waals surface area contributed by atoms with Gasteiger partial charge in [-0.1, -0.05) is 6.07 Å². The Labute approximate surface area is 171 Å². The number of fused-ring (bicyclic) bond motifs is 1. The highest BCUT2D eigenvalue weighted by Gasteiger charge is 2.40. The fourth-order valence-electron chi connectivity index (χ4n) is 3.40. The minimum absolute atomic E-state index is 0.0903. The minimum Gasteiger partial charge on any atom is -0.349 e. The van der Waals surface area contributed by atoms with Gasteiger partial charge in [0.15, 0.2) is 0 Å². The molecule has 1 unspecified atom stereocenters. The van der Waals surface area contributed by atoms with Crippen LogP contribution in [0.4, 0.5) is 26.3 Å². The van der Waals surface area contributed by atoms with Gasteiger partial charge in [0.2, 0.25) is 5.91 Å². The van der Waals surface area contributed by atoms with Gasteiger partial charge in [-0.2, -0.15) is 13.2 Å². The van der Waals surface area contributed by atoms with Crippen LogP contribution in [0.1, 0.15) is 42.5 Å². The maximum atomic E-state index is 13.9. The molecule has 164 valence electrons. The molecule has 1 aromatic heterocycles. The van der Waals surface area contributed by atoms with Gasteiger partial charge in [-0.05, 0) is 38.1 Å². The molecule has 0 radical (unpaired) electrons. The largest absolute Gasteiger partial charge is 0.417 e. The topological polar surface area (TPSA) is 62.0 Å². The third-order valence-corrected chi connectivity index (χ3v) is 4.91. The minimum atomic E-state index is -5.06. The van der Waals surface area contributed by atoms with Gasteiger partial charge in [0.1, 0.15) is 17.5 Å². The van der Waals surface area contributed by atoms with E-state index in [1.807, 2.05) is 0 Å². The zero-order valence-corrected chi connectivity index (χ0v) is 16.2. The summed E-state index contributed by atoms with van der Waals surface area (Å²) in [6.45, 7) is 2.43. The van der Waals surface area contributed by atoms with E-state index in [2.05, 4.69) is 10.3 Å². The van der Waals surface area contributed by atoms with Crippen molar-refractivity contribution >= 4 is 16.8 Å². The van der Waals surface area contributed by atoms with Crippen LogP contribution in [0.25, 0.3) is 10.9 Å². The van der Waals surface area contributed by atoms with Crippen molar-refractivity contribution in [1.82, 2.24) is 10.3 Å². The van der Waals surface area contributed by atoms with Crippen LogP contribution in [-0.2, 0) is 11.0 Å². The predicted molar refractivity (Wildman–Crippen MR) is 101 cm³/mol. The quantitative estimate of drug-likeness (QED) is 0.562. The molecular weight excluding hydrogens is 426 g/mol. The zero-order chi connectivity index (χ0) is 23.1. The lowest BCUT2D eigenvalue weighted by atomic mass is 9.92. The van der Waals surface area contributed by atoms with Gasteiger partial charge in [0.05, 0.1) is 17.5 Å². The molecule has 31 heavy (non-hydrogen) atoms. The zero-order valence-electron chi connectivity index (χ0n) is 16.2. The van der Waals surface area contributed by atoms with Gasteiger partial charge in [0, 0.05) is 28.1 Å². The number of halogens is 6. The number of benzene rings is 2. The number of carbonyl (C=O) groups is 1. The van der Waals surface area contributed by atoms with Crippen molar-refractivity contribution in [3.05, 3.63) is 80.9 Å². The summed E-state index contributed by atoms with van der Waals surface area (Å²) in [5, 5.41) is 1.73. The lowest BCUT2D eigenvalue weighted by Gasteiger charge is -2.21.